The van der Waals surface area contributed by atoms with E-state index in [0.29, 0.717) is 28.8 Å². The Labute approximate surface area is 203 Å². The molecule has 5 rings (SSSR count). The number of rotatable bonds is 5. The summed E-state index contributed by atoms with van der Waals surface area (Å²) in [6.07, 6.45) is -1.99. The van der Waals surface area contributed by atoms with Crippen molar-refractivity contribution in [2.45, 2.75) is 18.2 Å². The molecular formula is C23H22F3N9O. The fraction of sp³-hybridized carbons (Fsp3) is 0.261. The van der Waals surface area contributed by atoms with Gasteiger partial charge in [-0.05, 0) is 30.3 Å². The minimum absolute atomic E-state index is 0.0572. The maximum absolute atomic E-state index is 13.1. The van der Waals surface area contributed by atoms with E-state index >= 15 is 0 Å². The Balaban J connectivity index is 1.28. The fourth-order valence-electron chi connectivity index (χ4n) is 3.93. The second-order valence-electron chi connectivity index (χ2n) is 8.49. The molecule has 3 aromatic heterocycles. The topological polar surface area (TPSA) is 131 Å². The van der Waals surface area contributed by atoms with Crippen molar-refractivity contribution in [2.24, 2.45) is 7.05 Å². The Hall–Kier alpha value is -4.26. The van der Waals surface area contributed by atoms with Gasteiger partial charge in [0, 0.05) is 49.2 Å². The van der Waals surface area contributed by atoms with Gasteiger partial charge in [0.25, 0.3) is 0 Å². The zero-order chi connectivity index (χ0) is 25.5. The quantitative estimate of drug-likeness (QED) is 0.380. The first-order valence-electron chi connectivity index (χ1n) is 11.0. The number of anilines is 4. The average molecular weight is 497 g/mol. The molecule has 0 aliphatic carbocycles. The van der Waals surface area contributed by atoms with E-state index in [1.807, 2.05) is 24.3 Å². The minimum atomic E-state index is -4.69. The number of aryl methyl sites for hydroxylation is 1. The van der Waals surface area contributed by atoms with Crippen LogP contribution in [0.2, 0.25) is 0 Å². The zero-order valence-corrected chi connectivity index (χ0v) is 19.1. The molecule has 1 aliphatic rings. The van der Waals surface area contributed by atoms with E-state index in [4.69, 9.17) is 5.73 Å². The van der Waals surface area contributed by atoms with Crippen LogP contribution in [0.5, 0.6) is 0 Å². The lowest BCUT2D eigenvalue weighted by Gasteiger charge is -2.26. The van der Waals surface area contributed by atoms with Gasteiger partial charge in [0.05, 0.1) is 12.2 Å². The SMILES string of the molecule is Cn1nc(-c2ccc(N3CCC(O)(C(F)(F)F)C3)nc2)nc1Nc1ccc(-c2ccnc(N)n2)cc1. The zero-order valence-electron chi connectivity index (χ0n) is 19.1. The van der Waals surface area contributed by atoms with Crippen LogP contribution >= 0.6 is 0 Å². The number of nitrogens with zero attached hydrogens (tertiary/aromatic N) is 7. The number of benzene rings is 1. The molecular weight excluding hydrogens is 475 g/mol. The van der Waals surface area contributed by atoms with E-state index in [0.717, 1.165) is 11.3 Å². The summed E-state index contributed by atoms with van der Waals surface area (Å²) in [5.41, 5.74) is 5.90. The van der Waals surface area contributed by atoms with Gasteiger partial charge in [-0.25, -0.2) is 19.6 Å². The first-order valence-corrected chi connectivity index (χ1v) is 11.0. The maximum atomic E-state index is 13.1. The Morgan fingerprint density at radius 1 is 1.03 bits per heavy atom. The van der Waals surface area contributed by atoms with Crippen molar-refractivity contribution < 1.29 is 18.3 Å². The molecule has 0 spiro atoms. The van der Waals surface area contributed by atoms with Gasteiger partial charge in [-0.15, -0.1) is 5.10 Å². The molecule has 10 nitrogen and oxygen atoms in total. The summed E-state index contributed by atoms with van der Waals surface area (Å²) in [4.78, 5) is 18.3. The second-order valence-corrected chi connectivity index (χ2v) is 8.49. The molecule has 0 saturated carbocycles. The third kappa shape index (κ3) is 4.52. The summed E-state index contributed by atoms with van der Waals surface area (Å²) in [5, 5.41) is 17.5. The van der Waals surface area contributed by atoms with E-state index < -0.39 is 24.7 Å². The molecule has 0 amide bonds. The third-order valence-electron chi connectivity index (χ3n) is 5.98. The molecule has 0 radical (unpaired) electrons. The summed E-state index contributed by atoms with van der Waals surface area (Å²) >= 11 is 0. The summed E-state index contributed by atoms with van der Waals surface area (Å²) in [5.74, 6) is 1.44. The van der Waals surface area contributed by atoms with E-state index in [-0.39, 0.29) is 12.5 Å². The molecule has 4 N–H and O–H groups in total. The first-order chi connectivity index (χ1) is 17.1. The van der Waals surface area contributed by atoms with E-state index in [2.05, 4.69) is 30.4 Å². The minimum Gasteiger partial charge on any atom is -0.379 e. The molecule has 1 atom stereocenters. The van der Waals surface area contributed by atoms with E-state index in [1.54, 1.807) is 36.1 Å². The van der Waals surface area contributed by atoms with Gasteiger partial charge >= 0.3 is 6.18 Å². The van der Waals surface area contributed by atoms with Crippen LogP contribution in [0.25, 0.3) is 22.6 Å². The molecule has 1 aromatic carbocycles. The number of nitrogens with one attached hydrogen (secondary N) is 1. The number of halogens is 3. The lowest BCUT2D eigenvalue weighted by atomic mass is 10.0. The smallest absolute Gasteiger partial charge is 0.379 e. The Morgan fingerprint density at radius 2 is 1.78 bits per heavy atom. The molecule has 36 heavy (non-hydrogen) atoms. The lowest BCUT2D eigenvalue weighted by Crippen LogP contribution is -2.47. The number of nitrogens with two attached hydrogens (primary N) is 1. The Kier molecular flexibility index (Phi) is 5.71. The number of aliphatic hydroxyl groups is 1. The molecule has 1 aliphatic heterocycles. The maximum Gasteiger partial charge on any atom is 0.418 e. The molecule has 186 valence electrons. The molecule has 4 heterocycles. The number of hydrogen-bond acceptors (Lipinski definition) is 9. The largest absolute Gasteiger partial charge is 0.418 e. The van der Waals surface area contributed by atoms with Crippen molar-refractivity contribution in [3.63, 3.8) is 0 Å². The van der Waals surface area contributed by atoms with Crippen molar-refractivity contribution in [3.8, 4) is 22.6 Å². The number of hydrogen-bond donors (Lipinski definition) is 3. The number of alkyl halides is 3. The van der Waals surface area contributed by atoms with Crippen LogP contribution in [0.1, 0.15) is 6.42 Å². The number of aromatic nitrogens is 6. The highest BCUT2D eigenvalue weighted by molar-refractivity contribution is 5.66. The average Bonchev–Trinajstić information content (AvgIpc) is 3.43. The summed E-state index contributed by atoms with van der Waals surface area (Å²) < 4.78 is 40.9. The van der Waals surface area contributed by atoms with Gasteiger partial charge in [-0.1, -0.05) is 12.1 Å². The van der Waals surface area contributed by atoms with Crippen molar-refractivity contribution in [1.82, 2.24) is 29.7 Å². The first kappa shape index (κ1) is 23.5. The highest BCUT2D eigenvalue weighted by Crippen LogP contribution is 2.39. The molecule has 1 unspecified atom stereocenters. The van der Waals surface area contributed by atoms with Crippen LogP contribution in [0.4, 0.5) is 36.6 Å². The predicted molar refractivity (Wildman–Crippen MR) is 127 cm³/mol. The van der Waals surface area contributed by atoms with Crippen LogP contribution < -0.4 is 16.0 Å². The van der Waals surface area contributed by atoms with Crippen LogP contribution in [0.15, 0.2) is 54.9 Å². The van der Waals surface area contributed by atoms with Crippen LogP contribution in [0, 0.1) is 0 Å². The summed E-state index contributed by atoms with van der Waals surface area (Å²) in [7, 11) is 1.74. The highest BCUT2D eigenvalue weighted by atomic mass is 19.4. The molecule has 0 bridgehead atoms. The van der Waals surface area contributed by atoms with E-state index in [1.165, 1.54) is 11.1 Å². The summed E-state index contributed by atoms with van der Waals surface area (Å²) in [6, 6.07) is 12.6. The van der Waals surface area contributed by atoms with Gasteiger partial charge in [-0.2, -0.15) is 18.2 Å². The number of pyridine rings is 1. The van der Waals surface area contributed by atoms with E-state index in [9.17, 15) is 18.3 Å². The number of nitrogen functional groups attached to an aromatic ring is 1. The standard InChI is InChI=1S/C23H22F3N9O/c1-34-21(30-16-5-2-14(3-6-16)17-8-10-28-20(27)31-17)32-19(33-34)15-4-7-18(29-12-15)35-11-9-22(36,13-35)23(24,25)26/h2-8,10,12,36H,9,11,13H2,1H3,(H2,27,28,31)(H,30,32,33). The molecule has 13 heteroatoms. The van der Waals surface area contributed by atoms with Crippen molar-refractivity contribution in [2.75, 3.05) is 29.0 Å². The van der Waals surface area contributed by atoms with Gasteiger partial charge in [-0.3, -0.25) is 0 Å². The normalized spacial score (nSPS) is 18.0. The van der Waals surface area contributed by atoms with Crippen molar-refractivity contribution in [3.05, 3.63) is 54.9 Å². The van der Waals surface area contributed by atoms with Crippen molar-refractivity contribution >= 4 is 23.4 Å². The van der Waals surface area contributed by atoms with Crippen LogP contribution in [-0.2, 0) is 7.05 Å². The predicted octanol–water partition coefficient (Wildman–Crippen LogP) is 3.16. The fourth-order valence-corrected chi connectivity index (χ4v) is 3.93. The Bertz CT molecular complexity index is 1370. The monoisotopic (exact) mass is 497 g/mol. The lowest BCUT2D eigenvalue weighted by molar-refractivity contribution is -0.250. The van der Waals surface area contributed by atoms with Crippen molar-refractivity contribution in [1.29, 1.82) is 0 Å². The van der Waals surface area contributed by atoms with Gasteiger partial charge in [0.15, 0.2) is 11.4 Å². The highest BCUT2D eigenvalue weighted by Gasteiger charge is 2.57. The Morgan fingerprint density at radius 3 is 2.42 bits per heavy atom. The van der Waals surface area contributed by atoms with Gasteiger partial charge in [0.2, 0.25) is 11.9 Å². The van der Waals surface area contributed by atoms with Gasteiger partial charge in [0.1, 0.15) is 5.82 Å². The molecule has 4 aromatic rings. The van der Waals surface area contributed by atoms with Gasteiger partial charge < -0.3 is 21.1 Å². The second kappa shape index (κ2) is 8.75. The van der Waals surface area contributed by atoms with Crippen LogP contribution in [-0.4, -0.2) is 59.7 Å². The number of β-amino-alcohol motifs (C(OH)–C–C–N with tert-alkyl or cyclic N) is 1. The third-order valence-corrected chi connectivity index (χ3v) is 5.98. The molecule has 1 saturated heterocycles. The molecule has 1 fully saturated rings. The van der Waals surface area contributed by atoms with Crippen LogP contribution in [0.3, 0.4) is 0 Å². The summed E-state index contributed by atoms with van der Waals surface area (Å²) in [6.45, 7) is -0.496.